The number of piperidine rings is 1. The van der Waals surface area contributed by atoms with Crippen LogP contribution in [0.15, 0.2) is 0 Å². The minimum Gasteiger partial charge on any atom is -0.396 e. The van der Waals surface area contributed by atoms with Crippen molar-refractivity contribution in [3.8, 4) is 0 Å². The Morgan fingerprint density at radius 1 is 1.24 bits per heavy atom. The third-order valence-corrected chi connectivity index (χ3v) is 5.54. The average molecular weight is 297 g/mol. The Kier molecular flexibility index (Phi) is 6.06. The Morgan fingerprint density at radius 3 is 2.52 bits per heavy atom. The van der Waals surface area contributed by atoms with Gasteiger partial charge in [0.1, 0.15) is 0 Å². The maximum atomic E-state index is 12.7. The van der Waals surface area contributed by atoms with E-state index in [0.29, 0.717) is 11.8 Å². The Hall–Kier alpha value is -0.610. The molecular formula is C17H31NO3. The quantitative estimate of drug-likeness (QED) is 0.817. The monoisotopic (exact) mass is 297 g/mol. The summed E-state index contributed by atoms with van der Waals surface area (Å²) in [6, 6.07) is 0. The van der Waals surface area contributed by atoms with Crippen LogP contribution in [0.25, 0.3) is 0 Å². The summed E-state index contributed by atoms with van der Waals surface area (Å²) in [5.41, 5.74) is -0.0645. The average Bonchev–Trinajstić information content (AvgIpc) is 2.55. The summed E-state index contributed by atoms with van der Waals surface area (Å²) in [5.74, 6) is 0.830. The molecule has 1 saturated heterocycles. The van der Waals surface area contributed by atoms with Crippen LogP contribution in [0.4, 0.5) is 0 Å². The van der Waals surface area contributed by atoms with Crippen molar-refractivity contribution in [2.24, 2.45) is 17.3 Å². The van der Waals surface area contributed by atoms with Crippen LogP contribution >= 0.6 is 0 Å². The van der Waals surface area contributed by atoms with Gasteiger partial charge in [0.25, 0.3) is 0 Å². The van der Waals surface area contributed by atoms with Crippen LogP contribution in [0.3, 0.4) is 0 Å². The van der Waals surface area contributed by atoms with E-state index >= 15 is 0 Å². The van der Waals surface area contributed by atoms with Crippen LogP contribution in [0.5, 0.6) is 0 Å². The Labute approximate surface area is 128 Å². The molecule has 0 unspecified atom stereocenters. The summed E-state index contributed by atoms with van der Waals surface area (Å²) in [4.78, 5) is 14.8. The lowest BCUT2D eigenvalue weighted by molar-refractivity contribution is -0.141. The lowest BCUT2D eigenvalue weighted by atomic mass is 9.76. The molecule has 1 atom stereocenters. The van der Waals surface area contributed by atoms with E-state index in [1.807, 2.05) is 4.90 Å². The van der Waals surface area contributed by atoms with Gasteiger partial charge in [0.15, 0.2) is 0 Å². The maximum absolute atomic E-state index is 12.7. The Balaban J connectivity index is 1.93. The van der Waals surface area contributed by atoms with Gasteiger partial charge < -0.3 is 15.1 Å². The molecule has 0 bridgehead atoms. The largest absolute Gasteiger partial charge is 0.396 e. The molecule has 1 heterocycles. The van der Waals surface area contributed by atoms with E-state index in [4.69, 9.17) is 0 Å². The van der Waals surface area contributed by atoms with Crippen molar-refractivity contribution in [1.29, 1.82) is 0 Å². The number of hydrogen-bond donors (Lipinski definition) is 2. The fraction of sp³-hybridized carbons (Fsp3) is 0.941. The highest BCUT2D eigenvalue weighted by Crippen LogP contribution is 2.36. The number of hydrogen-bond acceptors (Lipinski definition) is 3. The molecule has 2 N–H and O–H groups in total. The second-order valence-corrected chi connectivity index (χ2v) is 7.17. The van der Waals surface area contributed by atoms with E-state index in [9.17, 15) is 15.0 Å². The normalized spacial score (nSPS) is 34.0. The van der Waals surface area contributed by atoms with Crippen LogP contribution in [0, 0.1) is 17.3 Å². The topological polar surface area (TPSA) is 60.8 Å². The van der Waals surface area contributed by atoms with Crippen LogP contribution in [0.1, 0.15) is 58.3 Å². The highest BCUT2D eigenvalue weighted by Gasteiger charge is 2.38. The fourth-order valence-electron chi connectivity index (χ4n) is 4.19. The second kappa shape index (κ2) is 7.59. The molecule has 2 rings (SSSR count). The summed E-state index contributed by atoms with van der Waals surface area (Å²) >= 11 is 0. The SMILES string of the molecule is CCC[C@]1(CO)CCCN(C(=O)C2CCC(CO)CC2)C1. The number of aliphatic hydroxyl groups is 2. The molecule has 0 spiro atoms. The summed E-state index contributed by atoms with van der Waals surface area (Å²) in [6.45, 7) is 4.19. The van der Waals surface area contributed by atoms with Crippen LogP contribution < -0.4 is 0 Å². The van der Waals surface area contributed by atoms with Crippen molar-refractivity contribution in [1.82, 2.24) is 4.90 Å². The molecule has 1 amide bonds. The number of amides is 1. The standard InChI is InChI=1S/C17H31NO3/c1-2-8-17(13-20)9-3-10-18(12-17)16(21)15-6-4-14(11-19)5-7-15/h14-15,19-20H,2-13H2,1H3/t14?,15?,17-/m0/s1. The zero-order valence-corrected chi connectivity index (χ0v) is 13.4. The molecule has 4 nitrogen and oxygen atoms in total. The third-order valence-electron chi connectivity index (χ3n) is 5.54. The van der Waals surface area contributed by atoms with E-state index in [-0.39, 0.29) is 24.5 Å². The Bertz CT molecular complexity index is 335. The van der Waals surface area contributed by atoms with Gasteiger partial charge in [-0.3, -0.25) is 4.79 Å². The lowest BCUT2D eigenvalue weighted by Crippen LogP contribution is -2.50. The van der Waals surface area contributed by atoms with Crippen molar-refractivity contribution in [3.63, 3.8) is 0 Å². The molecule has 2 fully saturated rings. The van der Waals surface area contributed by atoms with Gasteiger partial charge in [0.05, 0.1) is 6.61 Å². The first-order valence-electron chi connectivity index (χ1n) is 8.64. The van der Waals surface area contributed by atoms with Crippen molar-refractivity contribution < 1.29 is 15.0 Å². The third kappa shape index (κ3) is 3.98. The van der Waals surface area contributed by atoms with E-state index in [1.165, 1.54) is 0 Å². The van der Waals surface area contributed by atoms with Gasteiger partial charge in [-0.1, -0.05) is 13.3 Å². The molecule has 0 aromatic rings. The molecule has 4 heteroatoms. The smallest absolute Gasteiger partial charge is 0.225 e. The molecular weight excluding hydrogens is 266 g/mol. The number of rotatable bonds is 5. The molecule has 0 aromatic heterocycles. The minimum atomic E-state index is -0.0645. The van der Waals surface area contributed by atoms with E-state index in [0.717, 1.165) is 64.5 Å². The number of carbonyl (C=O) groups is 1. The van der Waals surface area contributed by atoms with Gasteiger partial charge >= 0.3 is 0 Å². The van der Waals surface area contributed by atoms with Crippen LogP contribution in [-0.2, 0) is 4.79 Å². The van der Waals surface area contributed by atoms with Crippen LogP contribution in [0.2, 0.25) is 0 Å². The van der Waals surface area contributed by atoms with Crippen LogP contribution in [-0.4, -0.2) is 47.3 Å². The van der Waals surface area contributed by atoms with E-state index in [2.05, 4.69) is 6.92 Å². The van der Waals surface area contributed by atoms with Gasteiger partial charge in [-0.05, 0) is 50.9 Å². The summed E-state index contributed by atoms with van der Waals surface area (Å²) in [6.07, 6.45) is 7.90. The lowest BCUT2D eigenvalue weighted by Gasteiger charge is -2.43. The number of aliphatic hydroxyl groups excluding tert-OH is 2. The van der Waals surface area contributed by atoms with E-state index < -0.39 is 0 Å². The molecule has 122 valence electrons. The molecule has 0 radical (unpaired) electrons. The van der Waals surface area contributed by atoms with Gasteiger partial charge in [-0.25, -0.2) is 0 Å². The first kappa shape index (κ1) is 16.8. The molecule has 21 heavy (non-hydrogen) atoms. The van der Waals surface area contributed by atoms with Gasteiger partial charge in [0, 0.05) is 31.0 Å². The van der Waals surface area contributed by atoms with Crippen molar-refractivity contribution >= 4 is 5.91 Å². The number of nitrogens with zero attached hydrogens (tertiary/aromatic N) is 1. The zero-order valence-electron chi connectivity index (χ0n) is 13.4. The predicted octanol–water partition coefficient (Wildman–Crippen LogP) is 2.19. The van der Waals surface area contributed by atoms with Crippen molar-refractivity contribution in [2.45, 2.75) is 58.3 Å². The Morgan fingerprint density at radius 2 is 1.95 bits per heavy atom. The number of carbonyl (C=O) groups excluding carboxylic acids is 1. The van der Waals surface area contributed by atoms with Gasteiger partial charge in [-0.2, -0.15) is 0 Å². The maximum Gasteiger partial charge on any atom is 0.225 e. The molecule has 1 aliphatic carbocycles. The van der Waals surface area contributed by atoms with Gasteiger partial charge in [0.2, 0.25) is 5.91 Å². The first-order valence-corrected chi connectivity index (χ1v) is 8.64. The summed E-state index contributed by atoms with van der Waals surface area (Å²) < 4.78 is 0. The highest BCUT2D eigenvalue weighted by molar-refractivity contribution is 5.79. The van der Waals surface area contributed by atoms with Crippen molar-refractivity contribution in [2.75, 3.05) is 26.3 Å². The van der Waals surface area contributed by atoms with Gasteiger partial charge in [-0.15, -0.1) is 0 Å². The van der Waals surface area contributed by atoms with E-state index in [1.54, 1.807) is 0 Å². The fourth-order valence-corrected chi connectivity index (χ4v) is 4.19. The minimum absolute atomic E-state index is 0.0645. The summed E-state index contributed by atoms with van der Waals surface area (Å²) in [5, 5.41) is 19.0. The molecule has 1 saturated carbocycles. The molecule has 2 aliphatic rings. The molecule has 1 aliphatic heterocycles. The second-order valence-electron chi connectivity index (χ2n) is 7.17. The predicted molar refractivity (Wildman–Crippen MR) is 82.8 cm³/mol. The zero-order chi connectivity index (χ0) is 15.3. The summed E-state index contributed by atoms with van der Waals surface area (Å²) in [7, 11) is 0. The first-order chi connectivity index (χ1) is 10.1. The molecule has 0 aromatic carbocycles. The highest BCUT2D eigenvalue weighted by atomic mass is 16.3. The number of likely N-dealkylation sites (tertiary alicyclic amines) is 1. The van der Waals surface area contributed by atoms with Crippen molar-refractivity contribution in [3.05, 3.63) is 0 Å².